The molecule has 0 fully saturated rings. The van der Waals surface area contributed by atoms with Crippen LogP contribution < -0.4 is 20.9 Å². The van der Waals surface area contributed by atoms with Crippen molar-refractivity contribution >= 4 is 11.6 Å². The predicted octanol–water partition coefficient (Wildman–Crippen LogP) is 2.42. The monoisotopic (exact) mass is 390 g/mol. The summed E-state index contributed by atoms with van der Waals surface area (Å²) in [5.74, 6) is 0.0365. The number of hydrogen-bond acceptors (Lipinski definition) is 5. The molecule has 7 nitrogen and oxygen atoms in total. The Hall–Kier alpha value is -3.61. The maximum atomic E-state index is 12.2. The second kappa shape index (κ2) is 7.79. The Morgan fingerprint density at radius 1 is 1.31 bits per heavy atom. The fourth-order valence-corrected chi connectivity index (χ4v) is 3.84. The third-order valence-corrected chi connectivity index (χ3v) is 5.14. The zero-order valence-corrected chi connectivity index (χ0v) is 16.1. The van der Waals surface area contributed by atoms with Crippen LogP contribution in [0.3, 0.4) is 0 Å². The largest absolute Gasteiger partial charge is 0.484 e. The lowest BCUT2D eigenvalue weighted by Gasteiger charge is -2.26. The first-order chi connectivity index (χ1) is 14.1. The van der Waals surface area contributed by atoms with Gasteiger partial charge in [0.1, 0.15) is 5.75 Å². The minimum Gasteiger partial charge on any atom is -0.484 e. The zero-order valence-electron chi connectivity index (χ0n) is 16.1. The van der Waals surface area contributed by atoms with Crippen LogP contribution in [0.25, 0.3) is 11.3 Å². The van der Waals surface area contributed by atoms with Crippen molar-refractivity contribution in [2.45, 2.75) is 19.4 Å². The Balaban J connectivity index is 1.65. The van der Waals surface area contributed by atoms with Crippen LogP contribution in [0, 0.1) is 0 Å². The molecule has 7 heteroatoms. The summed E-state index contributed by atoms with van der Waals surface area (Å²) in [7, 11) is 0. The third-order valence-electron chi connectivity index (χ3n) is 5.14. The minimum atomic E-state index is -0.522. The van der Waals surface area contributed by atoms with Crippen molar-refractivity contribution < 1.29 is 9.53 Å². The van der Waals surface area contributed by atoms with Crippen molar-refractivity contribution in [3.8, 4) is 17.0 Å². The van der Waals surface area contributed by atoms with E-state index < -0.39 is 5.91 Å². The molecule has 1 atom stereocenters. The van der Waals surface area contributed by atoms with Crippen molar-refractivity contribution in [1.82, 2.24) is 9.97 Å². The van der Waals surface area contributed by atoms with Crippen LogP contribution >= 0.6 is 0 Å². The summed E-state index contributed by atoms with van der Waals surface area (Å²) in [6.45, 7) is 2.72. The Kier molecular flexibility index (Phi) is 5.03. The van der Waals surface area contributed by atoms with Crippen LogP contribution in [0.15, 0.2) is 59.7 Å². The Morgan fingerprint density at radius 3 is 2.97 bits per heavy atom. The molecular formula is C22H22N4O3. The molecular weight excluding hydrogens is 368 g/mol. The summed E-state index contributed by atoms with van der Waals surface area (Å²) in [6.07, 6.45) is 4.13. The van der Waals surface area contributed by atoms with Gasteiger partial charge in [0.25, 0.3) is 11.5 Å². The lowest BCUT2D eigenvalue weighted by atomic mass is 10.0. The van der Waals surface area contributed by atoms with Gasteiger partial charge in [0.05, 0.1) is 11.7 Å². The maximum Gasteiger partial charge on any atom is 0.255 e. The van der Waals surface area contributed by atoms with E-state index in [0.717, 1.165) is 34.6 Å². The van der Waals surface area contributed by atoms with E-state index in [4.69, 9.17) is 10.5 Å². The molecule has 3 heterocycles. The average molecular weight is 390 g/mol. The number of H-pyrrole nitrogens is 1. The van der Waals surface area contributed by atoms with E-state index in [1.54, 1.807) is 18.5 Å². The molecule has 0 aliphatic carbocycles. The van der Waals surface area contributed by atoms with Gasteiger partial charge < -0.3 is 20.4 Å². The number of carbonyl (C=O) groups excluding carboxylic acids is 1. The Bertz CT molecular complexity index is 1110. The van der Waals surface area contributed by atoms with Gasteiger partial charge >= 0.3 is 0 Å². The van der Waals surface area contributed by atoms with Crippen LogP contribution in [0.1, 0.15) is 24.1 Å². The molecule has 148 valence electrons. The van der Waals surface area contributed by atoms with Crippen molar-refractivity contribution in [2.75, 3.05) is 18.1 Å². The van der Waals surface area contributed by atoms with Crippen LogP contribution in [0.4, 0.5) is 5.69 Å². The number of nitrogens with one attached hydrogen (secondary N) is 1. The molecule has 29 heavy (non-hydrogen) atoms. The number of nitrogens with two attached hydrogens (primary N) is 1. The quantitative estimate of drug-likeness (QED) is 0.673. The van der Waals surface area contributed by atoms with Crippen molar-refractivity contribution in [2.24, 2.45) is 5.73 Å². The molecule has 0 saturated carbocycles. The molecule has 0 radical (unpaired) electrons. The first-order valence-electron chi connectivity index (χ1n) is 9.51. The summed E-state index contributed by atoms with van der Waals surface area (Å²) >= 11 is 0. The van der Waals surface area contributed by atoms with Crippen molar-refractivity contribution in [3.05, 3.63) is 76.3 Å². The summed E-state index contributed by atoms with van der Waals surface area (Å²) in [6, 6.07) is 13.5. The van der Waals surface area contributed by atoms with E-state index >= 15 is 0 Å². The molecule has 1 amide bonds. The number of anilines is 1. The number of ether oxygens (including phenoxy) is 1. The first-order valence-corrected chi connectivity index (χ1v) is 9.51. The molecule has 1 aliphatic rings. The number of rotatable bonds is 6. The van der Waals surface area contributed by atoms with E-state index in [2.05, 4.69) is 21.8 Å². The lowest BCUT2D eigenvalue weighted by Crippen LogP contribution is -2.24. The number of fused-ring (bicyclic) bond motifs is 1. The normalized spacial score (nSPS) is 15.2. The summed E-state index contributed by atoms with van der Waals surface area (Å²) in [5, 5.41) is 0. The number of likely N-dealkylation sites (N-methyl/N-ethyl adjacent to an activating group) is 1. The van der Waals surface area contributed by atoms with Gasteiger partial charge in [0.2, 0.25) is 0 Å². The highest BCUT2D eigenvalue weighted by atomic mass is 16.5. The molecule has 3 N–H and O–H groups in total. The predicted molar refractivity (Wildman–Crippen MR) is 111 cm³/mol. The smallest absolute Gasteiger partial charge is 0.255 e. The summed E-state index contributed by atoms with van der Waals surface area (Å²) < 4.78 is 5.40. The molecule has 2 aromatic heterocycles. The number of carbonyl (C=O) groups is 1. The number of hydrogen-bond donors (Lipinski definition) is 2. The van der Waals surface area contributed by atoms with Crippen LogP contribution in [0.2, 0.25) is 0 Å². The average Bonchev–Trinajstić information content (AvgIpc) is 3.13. The standard InChI is InChI=1S/C22H22N4O3/c1-2-26-19-7-9-25-22(28)17(19)12-20(26)15-6-8-24-18(11-15)14-4-3-5-16(10-14)29-13-21(23)27/h3-11,20H,2,12-13H2,1H3,(H2,23,27)(H,25,28). The van der Waals surface area contributed by atoms with Gasteiger partial charge in [0.15, 0.2) is 6.61 Å². The van der Waals surface area contributed by atoms with Gasteiger partial charge in [-0.25, -0.2) is 0 Å². The first kappa shape index (κ1) is 18.7. The van der Waals surface area contributed by atoms with Gasteiger partial charge in [-0.1, -0.05) is 12.1 Å². The zero-order chi connectivity index (χ0) is 20.4. The van der Waals surface area contributed by atoms with Gasteiger partial charge in [-0.05, 0) is 42.8 Å². The molecule has 3 aromatic rings. The fraction of sp³-hybridized carbons (Fsp3) is 0.227. The van der Waals surface area contributed by atoms with Crippen molar-refractivity contribution in [3.63, 3.8) is 0 Å². The maximum absolute atomic E-state index is 12.2. The minimum absolute atomic E-state index is 0.0305. The van der Waals surface area contributed by atoms with Gasteiger partial charge in [-0.2, -0.15) is 0 Å². The van der Waals surface area contributed by atoms with E-state index in [1.165, 1.54) is 0 Å². The van der Waals surface area contributed by atoms with E-state index in [1.807, 2.05) is 36.4 Å². The van der Waals surface area contributed by atoms with Crippen LogP contribution in [0.5, 0.6) is 5.75 Å². The molecule has 0 spiro atoms. The van der Waals surface area contributed by atoms with Crippen LogP contribution in [-0.4, -0.2) is 29.0 Å². The van der Waals surface area contributed by atoms with E-state index in [-0.39, 0.29) is 18.2 Å². The molecule has 4 rings (SSSR count). The summed E-state index contributed by atoms with van der Waals surface area (Å²) in [4.78, 5) is 32.7. The number of pyridine rings is 2. The third kappa shape index (κ3) is 3.71. The number of aromatic nitrogens is 2. The molecule has 0 bridgehead atoms. The SMILES string of the molecule is CCN1c2cc[nH]c(=O)c2CC1c1ccnc(-c2cccc(OCC(N)=O)c2)c1. The highest BCUT2D eigenvalue weighted by molar-refractivity contribution is 5.75. The molecule has 1 aliphatic heterocycles. The van der Waals surface area contributed by atoms with Gasteiger partial charge in [-0.3, -0.25) is 14.6 Å². The highest BCUT2D eigenvalue weighted by Crippen LogP contribution is 2.38. The fourth-order valence-electron chi connectivity index (χ4n) is 3.84. The number of primary amides is 1. The number of aromatic amines is 1. The molecule has 1 aromatic carbocycles. The molecule has 1 unspecified atom stereocenters. The van der Waals surface area contributed by atoms with E-state index in [9.17, 15) is 9.59 Å². The topological polar surface area (TPSA) is 101 Å². The van der Waals surface area contributed by atoms with Gasteiger partial charge in [0, 0.05) is 42.2 Å². The molecule has 0 saturated heterocycles. The number of nitrogens with zero attached hydrogens (tertiary/aromatic N) is 2. The second-order valence-corrected chi connectivity index (χ2v) is 6.93. The lowest BCUT2D eigenvalue weighted by molar-refractivity contribution is -0.119. The highest BCUT2D eigenvalue weighted by Gasteiger charge is 2.31. The van der Waals surface area contributed by atoms with Crippen LogP contribution in [-0.2, 0) is 11.2 Å². The van der Waals surface area contributed by atoms with E-state index in [0.29, 0.717) is 12.2 Å². The van der Waals surface area contributed by atoms with Crippen molar-refractivity contribution in [1.29, 1.82) is 0 Å². The summed E-state index contributed by atoms with van der Waals surface area (Å²) in [5.41, 5.74) is 9.70. The number of amides is 1. The second-order valence-electron chi connectivity index (χ2n) is 6.93. The van der Waals surface area contributed by atoms with Gasteiger partial charge in [-0.15, -0.1) is 0 Å². The Labute approximate surface area is 168 Å². The number of benzene rings is 1. The Morgan fingerprint density at radius 2 is 2.17 bits per heavy atom.